The zero-order chi connectivity index (χ0) is 36.4. The van der Waals surface area contributed by atoms with Gasteiger partial charge in [-0.3, -0.25) is 8.57 Å². The van der Waals surface area contributed by atoms with Crippen LogP contribution >= 0.6 is 0 Å². The molecular weight excluding hydrogens is 705 g/mol. The number of methoxy groups -OCH3 is 1. The first-order chi connectivity index (χ1) is 23.7. The van der Waals surface area contributed by atoms with Crippen molar-refractivity contribution in [3.05, 3.63) is 114 Å². The lowest BCUT2D eigenvalue weighted by atomic mass is 10.1. The van der Waals surface area contributed by atoms with Gasteiger partial charge in [0.15, 0.2) is 5.71 Å². The standard InChI is InChI=1S/C33H31F3N2O10S2/c1-23(37-47-49(40,41)30-16-4-24(22-39)5-17-30)25-6-10-28(11-7-25)45-20-3-21-46-29-12-8-26(9-13-29)32(33(34,35)36)38-48-50(42,43)31-18-14-27(44-2)15-19-31/h4-19,39H,3,20-22H2,1-2H3/b37-23+,38-32-. The van der Waals surface area contributed by atoms with E-state index in [2.05, 4.69) is 14.6 Å². The van der Waals surface area contributed by atoms with Gasteiger partial charge in [0.1, 0.15) is 27.0 Å². The molecule has 0 atom stereocenters. The average Bonchev–Trinajstić information content (AvgIpc) is 3.11. The summed E-state index contributed by atoms with van der Waals surface area (Å²) in [6, 6.07) is 21.7. The zero-order valence-electron chi connectivity index (χ0n) is 26.5. The number of aliphatic hydroxyl groups is 1. The molecule has 1 N–H and O–H groups in total. The van der Waals surface area contributed by atoms with Gasteiger partial charge in [-0.1, -0.05) is 22.4 Å². The van der Waals surface area contributed by atoms with Crippen LogP contribution in [0.1, 0.15) is 30.0 Å². The lowest BCUT2D eigenvalue weighted by Crippen LogP contribution is -2.25. The van der Waals surface area contributed by atoms with Crippen molar-refractivity contribution >= 4 is 31.7 Å². The van der Waals surface area contributed by atoms with E-state index in [0.29, 0.717) is 34.8 Å². The van der Waals surface area contributed by atoms with Crippen LogP contribution in [-0.2, 0) is 35.4 Å². The first-order valence-electron chi connectivity index (χ1n) is 14.6. The van der Waals surface area contributed by atoms with Crippen LogP contribution in [0.25, 0.3) is 0 Å². The molecule has 0 bridgehead atoms. The molecule has 0 radical (unpaired) electrons. The SMILES string of the molecule is COc1ccc(S(=O)(=O)O/N=C(/c2ccc(OCCCOc3ccc(/C(C)=N/OS(=O)(=O)c4ccc(CO)cc4)cc3)cc2)C(F)(F)F)cc1. The van der Waals surface area contributed by atoms with E-state index in [-0.39, 0.29) is 30.5 Å². The molecule has 0 saturated heterocycles. The molecule has 0 unspecified atom stereocenters. The summed E-state index contributed by atoms with van der Waals surface area (Å²) in [4.78, 5) is -0.513. The fourth-order valence-electron chi connectivity index (χ4n) is 4.04. The predicted molar refractivity (Wildman–Crippen MR) is 175 cm³/mol. The van der Waals surface area contributed by atoms with Crippen molar-refractivity contribution in [3.63, 3.8) is 0 Å². The Bertz CT molecular complexity index is 2000. The van der Waals surface area contributed by atoms with Crippen molar-refractivity contribution in [3.8, 4) is 17.2 Å². The Morgan fingerprint density at radius 1 is 0.660 bits per heavy atom. The van der Waals surface area contributed by atoms with Gasteiger partial charge >= 0.3 is 26.4 Å². The average molecular weight is 737 g/mol. The number of oxime groups is 2. The summed E-state index contributed by atoms with van der Waals surface area (Å²) >= 11 is 0. The summed E-state index contributed by atoms with van der Waals surface area (Å²) in [5, 5.41) is 15.7. The molecule has 0 fully saturated rings. The summed E-state index contributed by atoms with van der Waals surface area (Å²) in [5.74, 6) is 1.11. The van der Waals surface area contributed by atoms with Gasteiger partial charge in [-0.25, -0.2) is 0 Å². The molecule has 0 aliphatic carbocycles. The van der Waals surface area contributed by atoms with Gasteiger partial charge < -0.3 is 19.3 Å². The van der Waals surface area contributed by atoms with E-state index in [9.17, 15) is 30.0 Å². The molecule has 17 heteroatoms. The highest BCUT2D eigenvalue weighted by molar-refractivity contribution is 7.87. The predicted octanol–water partition coefficient (Wildman–Crippen LogP) is 5.84. The molecule has 50 heavy (non-hydrogen) atoms. The molecule has 4 aromatic carbocycles. The summed E-state index contributed by atoms with van der Waals surface area (Å²) < 4.78 is 116. The maximum atomic E-state index is 13.7. The van der Waals surface area contributed by atoms with E-state index in [1.807, 2.05) is 0 Å². The minimum Gasteiger partial charge on any atom is -0.497 e. The van der Waals surface area contributed by atoms with Gasteiger partial charge in [0.2, 0.25) is 0 Å². The molecule has 0 aromatic heterocycles. The molecule has 0 spiro atoms. The van der Waals surface area contributed by atoms with Gasteiger partial charge in [0.25, 0.3) is 0 Å². The summed E-state index contributed by atoms with van der Waals surface area (Å²) in [6.07, 6.45) is -4.61. The largest absolute Gasteiger partial charge is 0.497 e. The van der Waals surface area contributed by atoms with Crippen LogP contribution in [0.5, 0.6) is 17.2 Å². The van der Waals surface area contributed by atoms with Crippen molar-refractivity contribution in [1.82, 2.24) is 0 Å². The fourth-order valence-corrected chi connectivity index (χ4v) is 5.54. The Balaban J connectivity index is 1.25. The lowest BCUT2D eigenvalue weighted by Gasteiger charge is -2.12. The van der Waals surface area contributed by atoms with Gasteiger partial charge in [0.05, 0.1) is 32.6 Å². The van der Waals surface area contributed by atoms with E-state index >= 15 is 0 Å². The number of ether oxygens (including phenoxy) is 3. The van der Waals surface area contributed by atoms with Gasteiger partial charge in [-0.2, -0.15) is 30.0 Å². The Hall–Kier alpha value is -5.13. The van der Waals surface area contributed by atoms with E-state index in [1.165, 1.54) is 55.6 Å². The topological polar surface area (TPSA) is 159 Å². The van der Waals surface area contributed by atoms with E-state index < -0.39 is 42.6 Å². The summed E-state index contributed by atoms with van der Waals surface area (Å²) in [6.45, 7) is 1.76. The number of aliphatic hydroxyl groups excluding tert-OH is 1. The molecule has 0 aliphatic heterocycles. The third-order valence-corrected chi connectivity index (χ3v) is 8.98. The van der Waals surface area contributed by atoms with Gasteiger partial charge in [-0.15, -0.1) is 0 Å². The first kappa shape index (κ1) is 37.7. The number of hydrogen-bond donors (Lipinski definition) is 1. The number of alkyl halides is 3. The van der Waals surface area contributed by atoms with Crippen molar-refractivity contribution in [2.45, 2.75) is 35.9 Å². The Kier molecular flexibility index (Phi) is 12.4. The highest BCUT2D eigenvalue weighted by atomic mass is 32.2. The van der Waals surface area contributed by atoms with Crippen LogP contribution in [0.4, 0.5) is 13.2 Å². The van der Waals surface area contributed by atoms with Crippen molar-refractivity contribution in [1.29, 1.82) is 0 Å². The van der Waals surface area contributed by atoms with E-state index in [1.54, 1.807) is 31.2 Å². The molecule has 0 amide bonds. The van der Waals surface area contributed by atoms with Crippen molar-refractivity contribution in [2.24, 2.45) is 10.3 Å². The van der Waals surface area contributed by atoms with Crippen LogP contribution in [-0.4, -0.2) is 59.9 Å². The number of nitrogens with zero attached hydrogens (tertiary/aromatic N) is 2. The second kappa shape index (κ2) is 16.5. The third kappa shape index (κ3) is 10.4. The van der Waals surface area contributed by atoms with Gasteiger partial charge in [-0.05, 0) is 103 Å². The first-order valence-corrected chi connectivity index (χ1v) is 17.4. The molecule has 0 heterocycles. The molecule has 0 aliphatic rings. The zero-order valence-corrected chi connectivity index (χ0v) is 28.2. The van der Waals surface area contributed by atoms with Crippen molar-refractivity contribution < 1.29 is 57.9 Å². The Morgan fingerprint density at radius 3 is 1.56 bits per heavy atom. The van der Waals surface area contributed by atoms with E-state index in [0.717, 1.165) is 24.3 Å². The van der Waals surface area contributed by atoms with Gasteiger partial charge in [0, 0.05) is 12.0 Å². The number of halogens is 3. The normalized spacial score (nSPS) is 12.7. The van der Waals surface area contributed by atoms with Crippen LogP contribution in [0, 0.1) is 0 Å². The minimum atomic E-state index is -5.03. The highest BCUT2D eigenvalue weighted by Crippen LogP contribution is 2.26. The smallest absolute Gasteiger partial charge is 0.437 e. The molecule has 12 nitrogen and oxygen atoms in total. The Morgan fingerprint density at radius 2 is 1.10 bits per heavy atom. The highest BCUT2D eigenvalue weighted by Gasteiger charge is 2.38. The maximum absolute atomic E-state index is 13.7. The lowest BCUT2D eigenvalue weighted by molar-refractivity contribution is -0.0597. The summed E-state index contributed by atoms with van der Waals surface area (Å²) in [5.41, 5.74) is -0.562. The van der Waals surface area contributed by atoms with E-state index in [4.69, 9.17) is 23.6 Å². The monoisotopic (exact) mass is 736 g/mol. The Labute approximate surface area is 286 Å². The third-order valence-electron chi connectivity index (χ3n) is 6.74. The number of hydrogen-bond acceptors (Lipinski definition) is 12. The quantitative estimate of drug-likeness (QED) is 0.0842. The second-order valence-corrected chi connectivity index (χ2v) is 13.3. The molecule has 266 valence electrons. The molecule has 4 aromatic rings. The number of rotatable bonds is 16. The fraction of sp³-hybridized carbons (Fsp3) is 0.212. The molecular formula is C33H31F3N2O10S2. The summed E-state index contributed by atoms with van der Waals surface area (Å²) in [7, 11) is -7.41. The number of benzene rings is 4. The minimum absolute atomic E-state index is 0.108. The van der Waals surface area contributed by atoms with Crippen LogP contribution in [0.3, 0.4) is 0 Å². The van der Waals surface area contributed by atoms with Crippen molar-refractivity contribution in [2.75, 3.05) is 20.3 Å². The molecule has 4 rings (SSSR count). The van der Waals surface area contributed by atoms with Crippen LogP contribution < -0.4 is 14.2 Å². The second-order valence-electron chi connectivity index (χ2n) is 10.2. The maximum Gasteiger partial charge on any atom is 0.437 e. The molecule has 0 saturated carbocycles. The van der Waals surface area contributed by atoms with Crippen LogP contribution in [0.15, 0.2) is 117 Å². The van der Waals surface area contributed by atoms with Crippen LogP contribution in [0.2, 0.25) is 0 Å².